The number of carbonyl (C=O) groups excluding carboxylic acids is 2. The van der Waals surface area contributed by atoms with Crippen LogP contribution in [0.2, 0.25) is 0 Å². The second-order valence-electron chi connectivity index (χ2n) is 4.29. The van der Waals surface area contributed by atoms with Crippen LogP contribution in [0.25, 0.3) is 0 Å². The van der Waals surface area contributed by atoms with Crippen LogP contribution in [0.1, 0.15) is 22.3 Å². The average molecular weight is 262 g/mol. The molecule has 1 aromatic rings. The fourth-order valence-corrected chi connectivity index (χ4v) is 2.07. The van der Waals surface area contributed by atoms with E-state index in [1.54, 1.807) is 6.07 Å². The van der Waals surface area contributed by atoms with Crippen molar-refractivity contribution in [2.75, 3.05) is 18.5 Å². The summed E-state index contributed by atoms with van der Waals surface area (Å²) in [4.78, 5) is 35.5. The minimum absolute atomic E-state index is 0.110. The molecular formula is C13H14N2O4. The lowest BCUT2D eigenvalue weighted by molar-refractivity contribution is -0.120. The summed E-state index contributed by atoms with van der Waals surface area (Å²) in [6.45, 7) is 0.259. The molecule has 100 valence electrons. The fraction of sp³-hybridized carbons (Fsp3) is 0.308. The van der Waals surface area contributed by atoms with Crippen LogP contribution < -0.4 is 10.2 Å². The zero-order valence-electron chi connectivity index (χ0n) is 10.5. The van der Waals surface area contributed by atoms with E-state index in [1.165, 1.54) is 24.1 Å². The van der Waals surface area contributed by atoms with E-state index in [0.29, 0.717) is 5.69 Å². The molecule has 6 heteroatoms. The quantitative estimate of drug-likeness (QED) is 0.822. The van der Waals surface area contributed by atoms with Crippen LogP contribution in [0, 0.1) is 0 Å². The van der Waals surface area contributed by atoms with Crippen molar-refractivity contribution in [1.29, 1.82) is 0 Å². The van der Waals surface area contributed by atoms with Crippen molar-refractivity contribution >= 4 is 23.5 Å². The van der Waals surface area contributed by atoms with Gasteiger partial charge in [0, 0.05) is 25.7 Å². The van der Waals surface area contributed by atoms with Gasteiger partial charge in [-0.05, 0) is 17.7 Å². The van der Waals surface area contributed by atoms with Gasteiger partial charge in [0.15, 0.2) is 0 Å². The van der Waals surface area contributed by atoms with E-state index in [0.717, 1.165) is 5.56 Å². The molecule has 0 saturated heterocycles. The molecule has 0 spiro atoms. The molecule has 6 nitrogen and oxygen atoms in total. The Hall–Kier alpha value is -2.37. The number of nitrogens with one attached hydrogen (secondary N) is 1. The normalized spacial score (nSPS) is 13.3. The molecule has 19 heavy (non-hydrogen) atoms. The Morgan fingerprint density at radius 2 is 2.16 bits per heavy atom. The first-order valence-corrected chi connectivity index (χ1v) is 5.90. The summed E-state index contributed by atoms with van der Waals surface area (Å²) in [5, 5.41) is 11.4. The third-order valence-electron chi connectivity index (χ3n) is 3.11. The van der Waals surface area contributed by atoms with Crippen molar-refractivity contribution < 1.29 is 19.5 Å². The Balaban J connectivity index is 2.23. The maximum atomic E-state index is 11.9. The van der Waals surface area contributed by atoms with E-state index >= 15 is 0 Å². The van der Waals surface area contributed by atoms with Gasteiger partial charge >= 0.3 is 5.97 Å². The molecule has 2 rings (SSSR count). The van der Waals surface area contributed by atoms with Gasteiger partial charge in [0.25, 0.3) is 0 Å². The van der Waals surface area contributed by atoms with Gasteiger partial charge in [-0.3, -0.25) is 9.59 Å². The topological polar surface area (TPSA) is 86.7 Å². The predicted octanol–water partition coefficient (Wildman–Crippen LogP) is 0.410. The molecule has 0 saturated carbocycles. The van der Waals surface area contributed by atoms with Gasteiger partial charge in [-0.1, -0.05) is 6.07 Å². The summed E-state index contributed by atoms with van der Waals surface area (Å²) in [5.41, 5.74) is 1.53. The lowest BCUT2D eigenvalue weighted by Gasteiger charge is -2.17. The SMILES string of the molecule is CNC(=O)CCN1C(=O)Cc2ccc(C(=O)O)cc21. The molecule has 0 radical (unpaired) electrons. The number of carboxylic acids is 1. The van der Waals surface area contributed by atoms with Crippen molar-refractivity contribution in [2.24, 2.45) is 0 Å². The second-order valence-corrected chi connectivity index (χ2v) is 4.29. The molecule has 0 aliphatic carbocycles. The van der Waals surface area contributed by atoms with Gasteiger partial charge in [-0.2, -0.15) is 0 Å². The second kappa shape index (κ2) is 5.09. The number of aromatic carboxylic acids is 1. The Morgan fingerprint density at radius 3 is 2.79 bits per heavy atom. The van der Waals surface area contributed by atoms with Crippen LogP contribution in [-0.4, -0.2) is 36.5 Å². The van der Waals surface area contributed by atoms with E-state index in [4.69, 9.17) is 5.11 Å². The zero-order valence-corrected chi connectivity index (χ0v) is 10.5. The lowest BCUT2D eigenvalue weighted by atomic mass is 10.1. The number of hydrogen-bond acceptors (Lipinski definition) is 3. The molecule has 1 aromatic carbocycles. The summed E-state index contributed by atoms with van der Waals surface area (Å²) in [6.07, 6.45) is 0.446. The number of fused-ring (bicyclic) bond motifs is 1. The molecule has 0 fully saturated rings. The monoisotopic (exact) mass is 262 g/mol. The number of hydrogen-bond donors (Lipinski definition) is 2. The largest absolute Gasteiger partial charge is 0.478 e. The Bertz CT molecular complexity index is 554. The first-order valence-electron chi connectivity index (χ1n) is 5.90. The fourth-order valence-electron chi connectivity index (χ4n) is 2.07. The van der Waals surface area contributed by atoms with Crippen LogP contribution >= 0.6 is 0 Å². The number of amides is 2. The maximum Gasteiger partial charge on any atom is 0.335 e. The van der Waals surface area contributed by atoms with E-state index in [-0.39, 0.29) is 36.8 Å². The molecular weight excluding hydrogens is 248 g/mol. The predicted molar refractivity (Wildman–Crippen MR) is 68.1 cm³/mol. The molecule has 1 aliphatic rings. The van der Waals surface area contributed by atoms with Crippen LogP contribution in [0.15, 0.2) is 18.2 Å². The highest BCUT2D eigenvalue weighted by Crippen LogP contribution is 2.30. The average Bonchev–Trinajstić information content (AvgIpc) is 2.70. The number of anilines is 1. The number of benzene rings is 1. The minimum atomic E-state index is -1.03. The van der Waals surface area contributed by atoms with Crippen molar-refractivity contribution in [3.63, 3.8) is 0 Å². The van der Waals surface area contributed by atoms with Crippen molar-refractivity contribution in [3.8, 4) is 0 Å². The third-order valence-corrected chi connectivity index (χ3v) is 3.11. The highest BCUT2D eigenvalue weighted by Gasteiger charge is 2.28. The van der Waals surface area contributed by atoms with Gasteiger partial charge < -0.3 is 15.3 Å². The van der Waals surface area contributed by atoms with Crippen molar-refractivity contribution in [3.05, 3.63) is 29.3 Å². The Kier molecular flexibility index (Phi) is 3.50. The molecule has 0 aromatic heterocycles. The Morgan fingerprint density at radius 1 is 1.42 bits per heavy atom. The minimum Gasteiger partial charge on any atom is -0.478 e. The van der Waals surface area contributed by atoms with Crippen LogP contribution in [-0.2, 0) is 16.0 Å². The first kappa shape index (κ1) is 13.1. The maximum absolute atomic E-state index is 11.9. The summed E-state index contributed by atoms with van der Waals surface area (Å²) in [7, 11) is 1.53. The molecule has 2 N–H and O–H groups in total. The van der Waals surface area contributed by atoms with E-state index < -0.39 is 5.97 Å². The highest BCUT2D eigenvalue weighted by molar-refractivity contribution is 6.03. The number of carboxylic acid groups (broad SMARTS) is 1. The lowest BCUT2D eigenvalue weighted by Crippen LogP contribution is -2.31. The van der Waals surface area contributed by atoms with Crippen LogP contribution in [0.4, 0.5) is 5.69 Å². The smallest absolute Gasteiger partial charge is 0.335 e. The standard InChI is InChI=1S/C13H14N2O4/c1-14-11(16)4-5-15-10-6-9(13(18)19)3-2-8(10)7-12(15)17/h2-3,6H,4-5,7H2,1H3,(H,14,16)(H,18,19). The van der Waals surface area contributed by atoms with Gasteiger partial charge in [-0.25, -0.2) is 4.79 Å². The number of rotatable bonds is 4. The molecule has 0 bridgehead atoms. The van der Waals surface area contributed by atoms with Gasteiger partial charge in [0.1, 0.15) is 0 Å². The van der Waals surface area contributed by atoms with Gasteiger partial charge in [-0.15, -0.1) is 0 Å². The highest BCUT2D eigenvalue weighted by atomic mass is 16.4. The van der Waals surface area contributed by atoms with Gasteiger partial charge in [0.05, 0.1) is 12.0 Å². The van der Waals surface area contributed by atoms with Crippen molar-refractivity contribution in [1.82, 2.24) is 5.32 Å². The number of carbonyl (C=O) groups is 3. The summed E-state index contributed by atoms with van der Waals surface area (Å²) in [6, 6.07) is 4.61. The van der Waals surface area contributed by atoms with E-state index in [9.17, 15) is 14.4 Å². The summed E-state index contributed by atoms with van der Waals surface area (Å²) >= 11 is 0. The third kappa shape index (κ3) is 2.57. The Labute approximate surface area is 110 Å². The summed E-state index contributed by atoms with van der Waals surface area (Å²) in [5.74, 6) is -1.30. The van der Waals surface area contributed by atoms with Gasteiger partial charge in [0.2, 0.25) is 11.8 Å². The molecule has 0 unspecified atom stereocenters. The first-order chi connectivity index (χ1) is 9.02. The molecule has 1 heterocycles. The van der Waals surface area contributed by atoms with Crippen molar-refractivity contribution in [2.45, 2.75) is 12.8 Å². The molecule has 0 atom stereocenters. The summed E-state index contributed by atoms with van der Waals surface area (Å²) < 4.78 is 0. The van der Waals surface area contributed by atoms with Crippen LogP contribution in [0.5, 0.6) is 0 Å². The van der Waals surface area contributed by atoms with E-state index in [1.807, 2.05) is 0 Å². The van der Waals surface area contributed by atoms with E-state index in [2.05, 4.69) is 5.32 Å². The zero-order chi connectivity index (χ0) is 14.0. The van der Waals surface area contributed by atoms with Crippen LogP contribution in [0.3, 0.4) is 0 Å². The molecule has 2 amide bonds. The molecule has 1 aliphatic heterocycles. The number of nitrogens with zero attached hydrogens (tertiary/aromatic N) is 1.